The minimum atomic E-state index is 0.508. The molecule has 2 aromatic rings. The molecule has 2 aromatic heterocycles. The average Bonchev–Trinajstić information content (AvgIpc) is 3.12. The summed E-state index contributed by atoms with van der Waals surface area (Å²) in [4.78, 5) is 9.07. The quantitative estimate of drug-likeness (QED) is 0.921. The topological polar surface area (TPSA) is 55.6 Å². The normalized spacial score (nSPS) is 14.8. The molecule has 0 aromatic carbocycles. The highest BCUT2D eigenvalue weighted by Gasteiger charge is 2.27. The Kier molecular flexibility index (Phi) is 2.91. The molecule has 1 aliphatic carbocycles. The van der Waals surface area contributed by atoms with E-state index in [2.05, 4.69) is 20.4 Å². The minimum absolute atomic E-state index is 0.508. The van der Waals surface area contributed by atoms with Crippen LogP contribution in [-0.2, 0) is 0 Å². The Hall–Kier alpha value is -1.62. The number of aromatic nitrogens is 4. The van der Waals surface area contributed by atoms with Crippen molar-refractivity contribution in [2.75, 3.05) is 11.9 Å². The predicted octanol–water partition coefficient (Wildman–Crippen LogP) is 2.62. The zero-order chi connectivity index (χ0) is 12.5. The number of hydrogen-bond acceptors (Lipinski definition) is 4. The zero-order valence-corrected chi connectivity index (χ0v) is 10.9. The SMILES string of the molecule is CCNc1cc(-n2cc(Cl)cn2)nc(C2CC2)n1. The maximum atomic E-state index is 5.88. The molecule has 0 radical (unpaired) electrons. The van der Waals surface area contributed by atoms with E-state index in [0.717, 1.165) is 24.0 Å². The summed E-state index contributed by atoms with van der Waals surface area (Å²) in [6.45, 7) is 2.88. The Bertz CT molecular complexity index is 561. The van der Waals surface area contributed by atoms with E-state index in [1.165, 1.54) is 12.8 Å². The number of hydrogen-bond donors (Lipinski definition) is 1. The predicted molar refractivity (Wildman–Crippen MR) is 70.3 cm³/mol. The van der Waals surface area contributed by atoms with Gasteiger partial charge in [0.25, 0.3) is 0 Å². The molecule has 1 N–H and O–H groups in total. The van der Waals surface area contributed by atoms with Crippen LogP contribution >= 0.6 is 11.6 Å². The molecular formula is C12H14ClN5. The molecule has 1 saturated carbocycles. The second-order valence-corrected chi connectivity index (χ2v) is 4.81. The molecule has 3 rings (SSSR count). The first-order chi connectivity index (χ1) is 8.76. The summed E-state index contributed by atoms with van der Waals surface area (Å²) >= 11 is 5.88. The molecule has 0 unspecified atom stereocenters. The van der Waals surface area contributed by atoms with Crippen LogP contribution < -0.4 is 5.32 Å². The Balaban J connectivity index is 2.01. The standard InChI is InChI=1S/C12H14ClN5/c1-2-14-10-5-11(18-7-9(13)6-15-18)17-12(16-10)8-3-4-8/h5-8H,2-4H2,1H3,(H,14,16,17). The van der Waals surface area contributed by atoms with E-state index < -0.39 is 0 Å². The first kappa shape index (κ1) is 11.5. The number of anilines is 1. The van der Waals surface area contributed by atoms with Crippen molar-refractivity contribution in [1.82, 2.24) is 19.7 Å². The Morgan fingerprint density at radius 2 is 2.28 bits per heavy atom. The number of nitrogens with one attached hydrogen (secondary N) is 1. The van der Waals surface area contributed by atoms with Crippen LogP contribution in [0.4, 0.5) is 5.82 Å². The van der Waals surface area contributed by atoms with Gasteiger partial charge < -0.3 is 5.32 Å². The van der Waals surface area contributed by atoms with E-state index >= 15 is 0 Å². The van der Waals surface area contributed by atoms with E-state index in [4.69, 9.17) is 11.6 Å². The zero-order valence-electron chi connectivity index (χ0n) is 10.1. The molecular weight excluding hydrogens is 250 g/mol. The molecule has 94 valence electrons. The first-order valence-corrected chi connectivity index (χ1v) is 6.47. The van der Waals surface area contributed by atoms with Crippen LogP contribution in [0.3, 0.4) is 0 Å². The summed E-state index contributed by atoms with van der Waals surface area (Å²) in [5.74, 6) is 3.01. The third-order valence-corrected chi connectivity index (χ3v) is 3.01. The molecule has 1 fully saturated rings. The summed E-state index contributed by atoms with van der Waals surface area (Å²) < 4.78 is 1.68. The van der Waals surface area contributed by atoms with Crippen molar-refractivity contribution in [2.45, 2.75) is 25.7 Å². The summed E-state index contributed by atoms with van der Waals surface area (Å²) in [5, 5.41) is 8.00. The van der Waals surface area contributed by atoms with Gasteiger partial charge in [0.05, 0.1) is 17.4 Å². The molecule has 5 nitrogen and oxygen atoms in total. The van der Waals surface area contributed by atoms with Crippen LogP contribution in [0.2, 0.25) is 5.02 Å². The lowest BCUT2D eigenvalue weighted by Crippen LogP contribution is -2.07. The van der Waals surface area contributed by atoms with E-state index in [9.17, 15) is 0 Å². The number of halogens is 1. The smallest absolute Gasteiger partial charge is 0.159 e. The summed E-state index contributed by atoms with van der Waals surface area (Å²) in [5.41, 5.74) is 0. The Morgan fingerprint density at radius 3 is 2.89 bits per heavy atom. The highest BCUT2D eigenvalue weighted by Crippen LogP contribution is 2.38. The van der Waals surface area contributed by atoms with Crippen LogP contribution in [0, 0.1) is 0 Å². The van der Waals surface area contributed by atoms with Gasteiger partial charge >= 0.3 is 0 Å². The molecule has 0 saturated heterocycles. The Morgan fingerprint density at radius 1 is 1.44 bits per heavy atom. The van der Waals surface area contributed by atoms with Crippen LogP contribution in [0.15, 0.2) is 18.5 Å². The van der Waals surface area contributed by atoms with Crippen molar-refractivity contribution in [1.29, 1.82) is 0 Å². The molecule has 0 spiro atoms. The van der Waals surface area contributed by atoms with Crippen molar-refractivity contribution in [2.24, 2.45) is 0 Å². The van der Waals surface area contributed by atoms with E-state index in [-0.39, 0.29) is 0 Å². The van der Waals surface area contributed by atoms with Crippen molar-refractivity contribution >= 4 is 17.4 Å². The largest absolute Gasteiger partial charge is 0.370 e. The van der Waals surface area contributed by atoms with Gasteiger partial charge in [-0.25, -0.2) is 14.6 Å². The van der Waals surface area contributed by atoms with Gasteiger partial charge in [-0.15, -0.1) is 0 Å². The molecule has 6 heteroatoms. The third-order valence-electron chi connectivity index (χ3n) is 2.82. The molecule has 0 bridgehead atoms. The van der Waals surface area contributed by atoms with E-state index in [0.29, 0.717) is 10.9 Å². The van der Waals surface area contributed by atoms with E-state index in [1.54, 1.807) is 17.1 Å². The highest BCUT2D eigenvalue weighted by molar-refractivity contribution is 6.30. The maximum absolute atomic E-state index is 5.88. The molecule has 18 heavy (non-hydrogen) atoms. The lowest BCUT2D eigenvalue weighted by atomic mass is 10.3. The van der Waals surface area contributed by atoms with Crippen LogP contribution in [-0.4, -0.2) is 26.3 Å². The fraction of sp³-hybridized carbons (Fsp3) is 0.417. The van der Waals surface area contributed by atoms with Gasteiger partial charge in [-0.2, -0.15) is 5.10 Å². The highest BCUT2D eigenvalue weighted by atomic mass is 35.5. The fourth-order valence-corrected chi connectivity index (χ4v) is 1.93. The van der Waals surface area contributed by atoms with Crippen LogP contribution in [0.1, 0.15) is 31.5 Å². The third kappa shape index (κ3) is 2.31. The van der Waals surface area contributed by atoms with Crippen LogP contribution in [0.25, 0.3) is 5.82 Å². The van der Waals surface area contributed by atoms with Crippen molar-refractivity contribution in [3.05, 3.63) is 29.3 Å². The maximum Gasteiger partial charge on any atom is 0.159 e. The summed E-state index contributed by atoms with van der Waals surface area (Å²) in [6, 6.07) is 1.89. The molecule has 0 amide bonds. The van der Waals surface area contributed by atoms with Gasteiger partial charge in [0, 0.05) is 18.5 Å². The van der Waals surface area contributed by atoms with Gasteiger partial charge in [0.15, 0.2) is 5.82 Å². The lowest BCUT2D eigenvalue weighted by molar-refractivity contribution is 0.810. The van der Waals surface area contributed by atoms with Crippen molar-refractivity contribution < 1.29 is 0 Å². The monoisotopic (exact) mass is 263 g/mol. The summed E-state index contributed by atoms with van der Waals surface area (Å²) in [6.07, 6.45) is 5.70. The van der Waals surface area contributed by atoms with Gasteiger partial charge in [0.1, 0.15) is 11.6 Å². The summed E-state index contributed by atoms with van der Waals surface area (Å²) in [7, 11) is 0. The van der Waals surface area contributed by atoms with Gasteiger partial charge in [0.2, 0.25) is 0 Å². The molecule has 0 atom stereocenters. The first-order valence-electron chi connectivity index (χ1n) is 6.09. The molecule has 1 aliphatic rings. The van der Waals surface area contributed by atoms with Gasteiger partial charge in [-0.05, 0) is 19.8 Å². The van der Waals surface area contributed by atoms with Gasteiger partial charge in [-0.3, -0.25) is 0 Å². The Labute approximate surface area is 110 Å². The lowest BCUT2D eigenvalue weighted by Gasteiger charge is -2.08. The van der Waals surface area contributed by atoms with Crippen molar-refractivity contribution in [3.8, 4) is 5.82 Å². The molecule has 0 aliphatic heterocycles. The van der Waals surface area contributed by atoms with Gasteiger partial charge in [-0.1, -0.05) is 11.6 Å². The van der Waals surface area contributed by atoms with Crippen molar-refractivity contribution in [3.63, 3.8) is 0 Å². The van der Waals surface area contributed by atoms with E-state index in [1.807, 2.05) is 13.0 Å². The average molecular weight is 264 g/mol. The second kappa shape index (κ2) is 4.57. The number of rotatable bonds is 4. The number of nitrogens with zero attached hydrogens (tertiary/aromatic N) is 4. The second-order valence-electron chi connectivity index (χ2n) is 4.38. The van der Waals surface area contributed by atoms with Crippen LogP contribution in [0.5, 0.6) is 0 Å². The minimum Gasteiger partial charge on any atom is -0.370 e. The fourth-order valence-electron chi connectivity index (χ4n) is 1.79. The molecule has 2 heterocycles.